The van der Waals surface area contributed by atoms with E-state index in [0.717, 1.165) is 21.6 Å². The summed E-state index contributed by atoms with van der Waals surface area (Å²) in [6, 6.07) is 20.3. The molecule has 0 radical (unpaired) electrons. The molecule has 0 N–H and O–H groups in total. The van der Waals surface area contributed by atoms with Gasteiger partial charge in [-0.1, -0.05) is 54.1 Å². The van der Waals surface area contributed by atoms with E-state index in [9.17, 15) is 14.9 Å². The zero-order chi connectivity index (χ0) is 22.8. The van der Waals surface area contributed by atoms with Gasteiger partial charge in [0.2, 0.25) is 0 Å². The molecular weight excluding hydrogens is 424 g/mol. The van der Waals surface area contributed by atoms with Gasteiger partial charge < -0.3 is 4.42 Å². The maximum Gasteiger partial charge on any atom is 0.271 e. The van der Waals surface area contributed by atoms with Crippen molar-refractivity contribution in [3.8, 4) is 17.4 Å². The van der Waals surface area contributed by atoms with Crippen LogP contribution in [0, 0.1) is 18.3 Å². The van der Waals surface area contributed by atoms with Crippen LogP contribution in [-0.4, -0.2) is 16.7 Å². The predicted molar refractivity (Wildman–Crippen MR) is 122 cm³/mol. The molecule has 0 fully saturated rings. The second-order valence-corrected chi connectivity index (χ2v) is 7.93. The average Bonchev–Trinajstić information content (AvgIpc) is 3.26. The van der Waals surface area contributed by atoms with Crippen LogP contribution in [0.25, 0.3) is 17.4 Å². The number of hydrogen-bond donors (Lipinski definition) is 0. The largest absolute Gasteiger partial charge is 0.457 e. The van der Waals surface area contributed by atoms with E-state index in [1.165, 1.54) is 0 Å². The number of amides is 2. The van der Waals surface area contributed by atoms with Crippen molar-refractivity contribution in [3.63, 3.8) is 0 Å². The number of halogens is 1. The number of carbonyl (C=O) groups is 2. The summed E-state index contributed by atoms with van der Waals surface area (Å²) in [6.07, 6.45) is 1.57. The van der Waals surface area contributed by atoms with Crippen LogP contribution in [0.3, 0.4) is 0 Å². The summed E-state index contributed by atoms with van der Waals surface area (Å²) in [6.45, 7) is 3.60. The fourth-order valence-electron chi connectivity index (χ4n) is 3.51. The first-order chi connectivity index (χ1) is 15.4. The molecule has 5 nitrogen and oxygen atoms in total. The maximum absolute atomic E-state index is 13.2. The number of benzene rings is 2. The van der Waals surface area contributed by atoms with Gasteiger partial charge in [0, 0.05) is 16.2 Å². The first-order valence-corrected chi connectivity index (χ1v) is 10.4. The number of hydrogen-bond acceptors (Lipinski definition) is 4. The summed E-state index contributed by atoms with van der Waals surface area (Å²) >= 11 is 6.22. The second-order valence-electron chi connectivity index (χ2n) is 7.52. The van der Waals surface area contributed by atoms with Crippen molar-refractivity contribution < 1.29 is 14.0 Å². The van der Waals surface area contributed by atoms with E-state index in [4.69, 9.17) is 16.0 Å². The van der Waals surface area contributed by atoms with Gasteiger partial charge in [0.05, 0.1) is 6.54 Å². The van der Waals surface area contributed by atoms with E-state index in [1.54, 1.807) is 25.1 Å². The molecule has 2 aromatic carbocycles. The first-order valence-electron chi connectivity index (χ1n) is 9.98. The Labute approximate surface area is 190 Å². The summed E-state index contributed by atoms with van der Waals surface area (Å²) in [4.78, 5) is 27.1. The van der Waals surface area contributed by atoms with Gasteiger partial charge in [-0.15, -0.1) is 0 Å². The van der Waals surface area contributed by atoms with Gasteiger partial charge in [0.1, 0.15) is 23.2 Å². The quantitative estimate of drug-likeness (QED) is 0.383. The maximum atomic E-state index is 13.2. The molecule has 0 saturated carbocycles. The number of rotatable bonds is 4. The molecule has 1 aromatic heterocycles. The van der Waals surface area contributed by atoms with Gasteiger partial charge >= 0.3 is 0 Å². The summed E-state index contributed by atoms with van der Waals surface area (Å²) in [5.41, 5.74) is 3.10. The Morgan fingerprint density at radius 2 is 1.78 bits per heavy atom. The fourth-order valence-corrected chi connectivity index (χ4v) is 3.69. The van der Waals surface area contributed by atoms with Gasteiger partial charge in [-0.2, -0.15) is 5.26 Å². The zero-order valence-corrected chi connectivity index (χ0v) is 18.3. The predicted octanol–water partition coefficient (Wildman–Crippen LogP) is 5.70. The normalized spacial score (nSPS) is 15.4. The SMILES string of the molecule is CC1=C(C#N)C(=O)N(Cc2ccccc2)C(=O)/C1=C/c1ccc(-c2ccc(C)c(Cl)c2)o1. The molecule has 0 saturated heterocycles. The van der Waals surface area contributed by atoms with Crippen LogP contribution in [0.4, 0.5) is 0 Å². The van der Waals surface area contributed by atoms with Gasteiger partial charge in [0.15, 0.2) is 0 Å². The molecule has 1 aliphatic rings. The highest BCUT2D eigenvalue weighted by Gasteiger charge is 2.35. The van der Waals surface area contributed by atoms with Crippen molar-refractivity contribution in [2.24, 2.45) is 0 Å². The molecule has 0 bridgehead atoms. The monoisotopic (exact) mass is 442 g/mol. The lowest BCUT2D eigenvalue weighted by atomic mass is 9.94. The standard InChI is InChI=1S/C26H19ClN2O3/c1-16-8-9-19(12-23(16)27)24-11-10-20(32-24)13-21-17(2)22(14-28)26(31)29(25(21)30)15-18-6-4-3-5-7-18/h3-13H,15H2,1-2H3/b21-13+. The lowest BCUT2D eigenvalue weighted by molar-refractivity contribution is -0.141. The van der Waals surface area contributed by atoms with Crippen molar-refractivity contribution in [2.45, 2.75) is 20.4 Å². The Bertz CT molecular complexity index is 1330. The van der Waals surface area contributed by atoms with E-state index in [2.05, 4.69) is 0 Å². The number of carbonyl (C=O) groups excluding carboxylic acids is 2. The summed E-state index contributed by atoms with van der Waals surface area (Å²) in [5.74, 6) is -0.0239. The lowest BCUT2D eigenvalue weighted by Crippen LogP contribution is -2.42. The van der Waals surface area contributed by atoms with Crippen molar-refractivity contribution in [2.75, 3.05) is 0 Å². The number of nitriles is 1. The second kappa shape index (κ2) is 8.70. The Hall–Kier alpha value is -3.88. The summed E-state index contributed by atoms with van der Waals surface area (Å²) in [7, 11) is 0. The highest BCUT2D eigenvalue weighted by Crippen LogP contribution is 2.31. The van der Waals surface area contributed by atoms with E-state index < -0.39 is 11.8 Å². The third-order valence-corrected chi connectivity index (χ3v) is 5.79. The number of aryl methyl sites for hydroxylation is 1. The number of nitrogens with zero attached hydrogens (tertiary/aromatic N) is 2. The molecule has 2 heterocycles. The van der Waals surface area contributed by atoms with Crippen molar-refractivity contribution in [3.05, 3.63) is 99.3 Å². The molecule has 0 aliphatic carbocycles. The highest BCUT2D eigenvalue weighted by molar-refractivity contribution is 6.31. The van der Waals surface area contributed by atoms with Crippen LogP contribution >= 0.6 is 11.6 Å². The van der Waals surface area contributed by atoms with Crippen LogP contribution in [0.15, 0.2) is 81.8 Å². The average molecular weight is 443 g/mol. The number of imide groups is 1. The summed E-state index contributed by atoms with van der Waals surface area (Å²) < 4.78 is 5.92. The molecule has 4 rings (SSSR count). The van der Waals surface area contributed by atoms with Gasteiger partial charge in [0.25, 0.3) is 11.8 Å². The molecule has 6 heteroatoms. The van der Waals surface area contributed by atoms with Crippen molar-refractivity contribution in [1.29, 1.82) is 5.26 Å². The minimum atomic E-state index is -0.592. The molecule has 32 heavy (non-hydrogen) atoms. The molecule has 0 unspecified atom stereocenters. The van der Waals surface area contributed by atoms with Crippen LogP contribution in [0.1, 0.15) is 23.8 Å². The Balaban J connectivity index is 1.71. The molecule has 3 aromatic rings. The molecule has 2 amide bonds. The van der Waals surface area contributed by atoms with Crippen molar-refractivity contribution in [1.82, 2.24) is 4.90 Å². The summed E-state index contributed by atoms with van der Waals surface area (Å²) in [5, 5.41) is 10.2. The Kier molecular flexibility index (Phi) is 5.81. The van der Waals surface area contributed by atoms with E-state index in [-0.39, 0.29) is 17.7 Å². The Morgan fingerprint density at radius 1 is 1.03 bits per heavy atom. The van der Waals surface area contributed by atoms with Gasteiger partial charge in [-0.3, -0.25) is 14.5 Å². The Morgan fingerprint density at radius 3 is 2.47 bits per heavy atom. The van der Waals surface area contributed by atoms with E-state index in [1.807, 2.05) is 61.5 Å². The third-order valence-electron chi connectivity index (χ3n) is 5.38. The minimum Gasteiger partial charge on any atom is -0.457 e. The van der Waals surface area contributed by atoms with Crippen LogP contribution in [0.2, 0.25) is 5.02 Å². The lowest BCUT2D eigenvalue weighted by Gasteiger charge is -2.27. The molecule has 158 valence electrons. The fraction of sp³-hybridized carbons (Fsp3) is 0.115. The molecule has 0 spiro atoms. The van der Waals surface area contributed by atoms with Crippen LogP contribution < -0.4 is 0 Å². The van der Waals surface area contributed by atoms with Crippen molar-refractivity contribution >= 4 is 29.5 Å². The van der Waals surface area contributed by atoms with Gasteiger partial charge in [-0.05, 0) is 54.8 Å². The molecule has 0 atom stereocenters. The van der Waals surface area contributed by atoms with E-state index >= 15 is 0 Å². The van der Waals surface area contributed by atoms with E-state index in [0.29, 0.717) is 22.1 Å². The van der Waals surface area contributed by atoms with Crippen LogP contribution in [-0.2, 0) is 16.1 Å². The zero-order valence-electron chi connectivity index (χ0n) is 17.6. The smallest absolute Gasteiger partial charge is 0.271 e. The topological polar surface area (TPSA) is 74.3 Å². The molecule has 1 aliphatic heterocycles. The number of furan rings is 1. The van der Waals surface area contributed by atoms with Gasteiger partial charge in [-0.25, -0.2) is 0 Å². The first kappa shape index (κ1) is 21.4. The third kappa shape index (κ3) is 4.01. The van der Waals surface area contributed by atoms with Crippen LogP contribution in [0.5, 0.6) is 0 Å². The molecular formula is C26H19ClN2O3. The minimum absolute atomic E-state index is 0.0520. The highest BCUT2D eigenvalue weighted by atomic mass is 35.5.